The Bertz CT molecular complexity index is 405. The molecule has 1 fully saturated rings. The Hall–Kier alpha value is -1.05. The molecule has 0 aromatic rings. The highest BCUT2D eigenvalue weighted by molar-refractivity contribution is 5.75. The van der Waals surface area contributed by atoms with Gasteiger partial charge in [-0.15, -0.1) is 5.92 Å². The van der Waals surface area contributed by atoms with Gasteiger partial charge in [0.1, 0.15) is 6.10 Å². The summed E-state index contributed by atoms with van der Waals surface area (Å²) in [4.78, 5) is 14.4. The Morgan fingerprint density at radius 3 is 2.40 bits per heavy atom. The molecule has 2 unspecified atom stereocenters. The quantitative estimate of drug-likeness (QED) is 0.285. The van der Waals surface area contributed by atoms with Gasteiger partial charge in [0.25, 0.3) is 0 Å². The molecule has 0 saturated carbocycles. The summed E-state index contributed by atoms with van der Waals surface area (Å²) >= 11 is 0. The zero-order valence-electron chi connectivity index (χ0n) is 16.5. The van der Waals surface area contributed by atoms with Crippen molar-refractivity contribution in [1.82, 2.24) is 4.90 Å². The minimum Gasteiger partial charge on any atom is -0.460 e. The zero-order valence-corrected chi connectivity index (χ0v) is 16.5. The monoisotopic (exact) mass is 351 g/mol. The molecule has 2 atom stereocenters. The molecule has 1 aliphatic rings. The Morgan fingerprint density at radius 1 is 1.08 bits per heavy atom. The van der Waals surface area contributed by atoms with Crippen molar-refractivity contribution < 1.29 is 14.3 Å². The van der Waals surface area contributed by atoms with Gasteiger partial charge in [-0.3, -0.25) is 9.69 Å². The lowest BCUT2D eigenvalue weighted by atomic mass is 10.0. The summed E-state index contributed by atoms with van der Waals surface area (Å²) < 4.78 is 11.0. The zero-order chi connectivity index (χ0) is 18.3. The van der Waals surface area contributed by atoms with Crippen molar-refractivity contribution >= 4 is 5.97 Å². The van der Waals surface area contributed by atoms with Gasteiger partial charge in [0.2, 0.25) is 0 Å². The summed E-state index contributed by atoms with van der Waals surface area (Å²) in [5.74, 6) is 6.29. The Labute approximate surface area is 154 Å². The first-order valence-electron chi connectivity index (χ1n) is 10.2. The average Bonchev–Trinajstić information content (AvgIpc) is 2.97. The fourth-order valence-corrected chi connectivity index (χ4v) is 2.85. The molecule has 25 heavy (non-hydrogen) atoms. The Balaban J connectivity index is 2.29. The first kappa shape index (κ1) is 22.0. The molecule has 0 aromatic carbocycles. The fraction of sp³-hybridized carbons (Fsp3) is 0.857. The number of cyclic esters (lactones) is 1. The normalized spacial score (nSPS) is 19.8. The van der Waals surface area contributed by atoms with E-state index in [9.17, 15) is 4.79 Å². The number of ether oxygens (including phenoxy) is 2. The molecule has 1 aliphatic heterocycles. The maximum absolute atomic E-state index is 11.9. The van der Waals surface area contributed by atoms with Crippen LogP contribution in [-0.2, 0) is 14.3 Å². The largest absolute Gasteiger partial charge is 0.460 e. The summed E-state index contributed by atoms with van der Waals surface area (Å²) in [5, 5.41) is 0. The van der Waals surface area contributed by atoms with Crippen LogP contribution in [0.4, 0.5) is 0 Å². The SMILES string of the molecule is CCCCOCC1CC(CC#CCN(CCCC)CCCC)C(=O)O1. The third-order valence-electron chi connectivity index (χ3n) is 4.54. The lowest BCUT2D eigenvalue weighted by Gasteiger charge is -2.18. The minimum absolute atomic E-state index is 0.0768. The lowest BCUT2D eigenvalue weighted by Crippen LogP contribution is -2.26. The van der Waals surface area contributed by atoms with Crippen molar-refractivity contribution in [3.63, 3.8) is 0 Å². The number of carbonyl (C=O) groups excluding carboxylic acids is 1. The number of hydrogen-bond acceptors (Lipinski definition) is 4. The third-order valence-corrected chi connectivity index (χ3v) is 4.54. The molecule has 0 amide bonds. The van der Waals surface area contributed by atoms with Gasteiger partial charge in [0.05, 0.1) is 19.1 Å². The Kier molecular flexibility index (Phi) is 12.5. The molecule has 0 spiro atoms. The minimum atomic E-state index is -0.104. The Morgan fingerprint density at radius 2 is 1.76 bits per heavy atom. The molecule has 0 radical (unpaired) electrons. The predicted octanol–water partition coefficient (Wildman–Crippen LogP) is 4.03. The summed E-state index contributed by atoms with van der Waals surface area (Å²) in [7, 11) is 0. The summed E-state index contributed by atoms with van der Waals surface area (Å²) in [6.07, 6.45) is 8.33. The molecule has 0 bridgehead atoms. The van der Waals surface area contributed by atoms with Crippen LogP contribution in [0.2, 0.25) is 0 Å². The van der Waals surface area contributed by atoms with E-state index in [0.29, 0.717) is 13.0 Å². The van der Waals surface area contributed by atoms with Gasteiger partial charge in [-0.1, -0.05) is 46.0 Å². The van der Waals surface area contributed by atoms with Crippen LogP contribution in [0.3, 0.4) is 0 Å². The van der Waals surface area contributed by atoms with Gasteiger partial charge in [-0.25, -0.2) is 0 Å². The van der Waals surface area contributed by atoms with Crippen LogP contribution in [0, 0.1) is 17.8 Å². The van der Waals surface area contributed by atoms with Gasteiger partial charge >= 0.3 is 5.97 Å². The van der Waals surface area contributed by atoms with Crippen LogP contribution in [-0.4, -0.2) is 49.8 Å². The van der Waals surface area contributed by atoms with E-state index in [2.05, 4.69) is 37.5 Å². The van der Waals surface area contributed by atoms with Crippen molar-refractivity contribution in [2.24, 2.45) is 5.92 Å². The van der Waals surface area contributed by atoms with Crippen molar-refractivity contribution in [1.29, 1.82) is 0 Å². The van der Waals surface area contributed by atoms with E-state index < -0.39 is 0 Å². The molecular weight excluding hydrogens is 314 g/mol. The number of unbranched alkanes of at least 4 members (excludes halogenated alkanes) is 3. The van der Waals surface area contributed by atoms with Crippen LogP contribution in [0.15, 0.2) is 0 Å². The molecule has 1 saturated heterocycles. The molecule has 0 aliphatic carbocycles. The fourth-order valence-electron chi connectivity index (χ4n) is 2.85. The van der Waals surface area contributed by atoms with Crippen molar-refractivity contribution in [3.8, 4) is 11.8 Å². The topological polar surface area (TPSA) is 38.8 Å². The standard InChI is InChI=1S/C21H37NO3/c1-4-7-13-22(14-8-5-2)15-11-10-12-19-17-20(25-21(19)23)18-24-16-9-6-3/h19-20H,4-9,12-18H2,1-3H3. The highest BCUT2D eigenvalue weighted by atomic mass is 16.6. The second-order valence-corrected chi connectivity index (χ2v) is 6.96. The number of esters is 1. The predicted molar refractivity (Wildman–Crippen MR) is 102 cm³/mol. The van der Waals surface area contributed by atoms with Crippen LogP contribution >= 0.6 is 0 Å². The molecule has 1 heterocycles. The summed E-state index contributed by atoms with van der Waals surface area (Å²) in [5.41, 5.74) is 0. The van der Waals surface area contributed by atoms with Crippen LogP contribution in [0.5, 0.6) is 0 Å². The van der Waals surface area contributed by atoms with E-state index in [-0.39, 0.29) is 18.0 Å². The maximum Gasteiger partial charge on any atom is 0.310 e. The first-order valence-corrected chi connectivity index (χ1v) is 10.2. The van der Waals surface area contributed by atoms with E-state index in [4.69, 9.17) is 9.47 Å². The van der Waals surface area contributed by atoms with Crippen molar-refractivity contribution in [3.05, 3.63) is 0 Å². The molecule has 0 aromatic heterocycles. The summed E-state index contributed by atoms with van der Waals surface area (Å²) in [6.45, 7) is 10.9. The molecule has 1 rings (SSSR count). The van der Waals surface area contributed by atoms with E-state index in [1.807, 2.05) is 0 Å². The van der Waals surface area contributed by atoms with Crippen LogP contribution in [0.1, 0.15) is 72.1 Å². The number of carbonyl (C=O) groups is 1. The highest BCUT2D eigenvalue weighted by Crippen LogP contribution is 2.24. The number of hydrogen-bond donors (Lipinski definition) is 0. The van der Waals surface area contributed by atoms with E-state index in [1.165, 1.54) is 25.7 Å². The van der Waals surface area contributed by atoms with E-state index >= 15 is 0 Å². The second-order valence-electron chi connectivity index (χ2n) is 6.96. The molecule has 4 heteroatoms. The van der Waals surface area contributed by atoms with E-state index in [1.54, 1.807) is 0 Å². The van der Waals surface area contributed by atoms with Gasteiger partial charge in [-0.05, 0) is 32.4 Å². The van der Waals surface area contributed by atoms with Crippen LogP contribution < -0.4 is 0 Å². The van der Waals surface area contributed by atoms with Crippen LogP contribution in [0.25, 0.3) is 0 Å². The van der Waals surface area contributed by atoms with E-state index in [0.717, 1.165) is 45.5 Å². The molecule has 144 valence electrons. The van der Waals surface area contributed by atoms with Crippen molar-refractivity contribution in [2.45, 2.75) is 78.2 Å². The smallest absolute Gasteiger partial charge is 0.310 e. The highest BCUT2D eigenvalue weighted by Gasteiger charge is 2.33. The van der Waals surface area contributed by atoms with Gasteiger partial charge in [0.15, 0.2) is 0 Å². The summed E-state index contributed by atoms with van der Waals surface area (Å²) in [6, 6.07) is 0. The lowest BCUT2D eigenvalue weighted by molar-refractivity contribution is -0.146. The second kappa shape index (κ2) is 14.2. The molecule has 0 N–H and O–H groups in total. The average molecular weight is 352 g/mol. The van der Waals surface area contributed by atoms with Gasteiger partial charge in [-0.2, -0.15) is 0 Å². The van der Waals surface area contributed by atoms with Gasteiger partial charge in [0, 0.05) is 19.4 Å². The van der Waals surface area contributed by atoms with Crippen molar-refractivity contribution in [2.75, 3.05) is 32.8 Å². The maximum atomic E-state index is 11.9. The number of nitrogens with zero attached hydrogens (tertiary/aromatic N) is 1. The number of rotatable bonds is 13. The van der Waals surface area contributed by atoms with Gasteiger partial charge < -0.3 is 9.47 Å². The first-order chi connectivity index (χ1) is 12.2. The third kappa shape index (κ3) is 9.87. The molecular formula is C21H37NO3. The molecule has 4 nitrogen and oxygen atoms in total.